The summed E-state index contributed by atoms with van der Waals surface area (Å²) in [5, 5.41) is 18.0. The third kappa shape index (κ3) is 21.5. The zero-order chi connectivity index (χ0) is 40.3. The molecule has 55 heavy (non-hydrogen) atoms. The number of unbranched alkanes of at least 4 members (excludes halogenated alkanes) is 12. The molecule has 2 N–H and O–H groups in total. The predicted molar refractivity (Wildman–Crippen MR) is 210 cm³/mol. The Balaban J connectivity index is 2.24. The summed E-state index contributed by atoms with van der Waals surface area (Å²) < 4.78 is 16.9. The highest BCUT2D eigenvalue weighted by atomic mass is 16.6. The van der Waals surface area contributed by atoms with Crippen LogP contribution in [0.3, 0.4) is 0 Å². The minimum Gasteiger partial charge on any atom is -0.481 e. The molecule has 2 fully saturated rings. The normalized spacial score (nSPS) is 19.6. The molecule has 6 unspecified atom stereocenters. The molecule has 0 aliphatic carbocycles. The molecule has 6 atom stereocenters. The van der Waals surface area contributed by atoms with Gasteiger partial charge in [0.05, 0.1) is 36.9 Å². The Hall–Kier alpha value is -3.34. The number of hydrogen-bond donors (Lipinski definition) is 2. The number of hydrogen-bond acceptors (Lipinski definition) is 9. The van der Waals surface area contributed by atoms with E-state index in [0.29, 0.717) is 38.5 Å². The monoisotopic (exact) mass is 774 g/mol. The van der Waals surface area contributed by atoms with Crippen LogP contribution >= 0.6 is 0 Å². The molecule has 2 rings (SSSR count). The van der Waals surface area contributed by atoms with Gasteiger partial charge in [-0.3, -0.25) is 28.8 Å². The molecule has 2 saturated heterocycles. The van der Waals surface area contributed by atoms with E-state index in [0.717, 1.165) is 103 Å². The number of esters is 4. The first-order chi connectivity index (χ1) is 26.5. The van der Waals surface area contributed by atoms with Gasteiger partial charge in [0, 0.05) is 12.8 Å². The maximum Gasteiger partial charge on any atom is 0.317 e. The summed E-state index contributed by atoms with van der Waals surface area (Å²) in [5.41, 5.74) is 0. The number of carboxylic acids is 2. The van der Waals surface area contributed by atoms with Crippen LogP contribution in [0.4, 0.5) is 0 Å². The summed E-state index contributed by atoms with van der Waals surface area (Å²) in [6.45, 7) is 4.26. The predicted octanol–water partition coefficient (Wildman–Crippen LogP) is 9.84. The molecule has 0 bridgehead atoms. The topological polar surface area (TPSA) is 171 Å². The SMILES string of the molecule is CCCC/C=C/C(CCC(CCCCCCCC(=O)O)OC(CCCCCCCC(=O)O)CCC(/C=C/CCCC)C1CC(=O)OC1=O)C1CC(=O)OC1=O. The van der Waals surface area contributed by atoms with Crippen LogP contribution in [0.25, 0.3) is 0 Å². The van der Waals surface area contributed by atoms with Crippen molar-refractivity contribution in [3.8, 4) is 0 Å². The number of carboxylic acid groups (broad SMARTS) is 2. The van der Waals surface area contributed by atoms with E-state index in [9.17, 15) is 28.8 Å². The van der Waals surface area contributed by atoms with E-state index in [1.54, 1.807) is 0 Å². The molecule has 0 aromatic rings. The average Bonchev–Trinajstić information content (AvgIpc) is 3.66. The Morgan fingerprint density at radius 2 is 0.964 bits per heavy atom. The van der Waals surface area contributed by atoms with Gasteiger partial charge >= 0.3 is 35.8 Å². The zero-order valence-electron chi connectivity index (χ0n) is 33.7. The van der Waals surface area contributed by atoms with Gasteiger partial charge in [0.15, 0.2) is 0 Å². The lowest BCUT2D eigenvalue weighted by atomic mass is 9.84. The van der Waals surface area contributed by atoms with Crippen LogP contribution in [-0.4, -0.2) is 58.2 Å². The van der Waals surface area contributed by atoms with Gasteiger partial charge in [0.1, 0.15) is 0 Å². The second kappa shape index (κ2) is 29.0. The quantitative estimate of drug-likeness (QED) is 0.0276. The van der Waals surface area contributed by atoms with Gasteiger partial charge in [-0.1, -0.05) is 115 Å². The van der Waals surface area contributed by atoms with Crippen LogP contribution in [0.15, 0.2) is 24.3 Å². The molecule has 2 aliphatic heterocycles. The van der Waals surface area contributed by atoms with Crippen molar-refractivity contribution < 1.29 is 53.2 Å². The third-order valence-corrected chi connectivity index (χ3v) is 10.9. The minimum atomic E-state index is -0.777. The van der Waals surface area contributed by atoms with Gasteiger partial charge in [0.25, 0.3) is 0 Å². The molecule has 2 heterocycles. The van der Waals surface area contributed by atoms with E-state index in [4.69, 9.17) is 24.4 Å². The number of rotatable bonds is 34. The smallest absolute Gasteiger partial charge is 0.317 e. The Kier molecular flexibility index (Phi) is 25.2. The Labute approximate surface area is 329 Å². The third-order valence-electron chi connectivity index (χ3n) is 10.9. The van der Waals surface area contributed by atoms with Gasteiger partial charge in [-0.05, 0) is 76.0 Å². The lowest BCUT2D eigenvalue weighted by Crippen LogP contribution is -2.26. The fraction of sp³-hybridized carbons (Fsp3) is 0.773. The molecule has 0 amide bonds. The number of aliphatic carboxylic acids is 2. The summed E-state index contributed by atoms with van der Waals surface area (Å²) in [7, 11) is 0. The van der Waals surface area contributed by atoms with Crippen molar-refractivity contribution in [1.82, 2.24) is 0 Å². The molecule has 0 aromatic carbocycles. The van der Waals surface area contributed by atoms with Crippen molar-refractivity contribution in [3.05, 3.63) is 24.3 Å². The van der Waals surface area contributed by atoms with Crippen molar-refractivity contribution in [2.24, 2.45) is 23.7 Å². The molecular weight excluding hydrogens is 704 g/mol. The van der Waals surface area contributed by atoms with Gasteiger partial charge in [0.2, 0.25) is 0 Å². The number of carbonyl (C=O) groups is 6. The van der Waals surface area contributed by atoms with Crippen molar-refractivity contribution in [1.29, 1.82) is 0 Å². The molecule has 312 valence electrons. The summed E-state index contributed by atoms with van der Waals surface area (Å²) in [6.07, 6.45) is 27.6. The van der Waals surface area contributed by atoms with Crippen LogP contribution < -0.4 is 0 Å². The highest BCUT2D eigenvalue weighted by Crippen LogP contribution is 2.34. The Morgan fingerprint density at radius 3 is 1.31 bits per heavy atom. The maximum atomic E-state index is 12.7. The van der Waals surface area contributed by atoms with Crippen molar-refractivity contribution in [2.45, 2.75) is 193 Å². The van der Waals surface area contributed by atoms with Gasteiger partial charge in [-0.15, -0.1) is 0 Å². The zero-order valence-corrected chi connectivity index (χ0v) is 33.7. The number of carbonyl (C=O) groups excluding carboxylic acids is 4. The molecule has 0 aromatic heterocycles. The van der Waals surface area contributed by atoms with Crippen LogP contribution in [0, 0.1) is 23.7 Å². The molecule has 0 saturated carbocycles. The first kappa shape index (κ1) is 47.8. The average molecular weight is 775 g/mol. The van der Waals surface area contributed by atoms with Gasteiger partial charge in [-0.25, -0.2) is 0 Å². The second-order valence-electron chi connectivity index (χ2n) is 15.6. The Morgan fingerprint density at radius 1 is 0.582 bits per heavy atom. The van der Waals surface area contributed by atoms with Crippen LogP contribution in [0.5, 0.6) is 0 Å². The molecule has 0 spiro atoms. The first-order valence-electron chi connectivity index (χ1n) is 21.4. The first-order valence-corrected chi connectivity index (χ1v) is 21.4. The van der Waals surface area contributed by atoms with Crippen molar-refractivity contribution in [2.75, 3.05) is 0 Å². The molecule has 11 heteroatoms. The van der Waals surface area contributed by atoms with Crippen molar-refractivity contribution >= 4 is 35.8 Å². The van der Waals surface area contributed by atoms with Gasteiger partial charge in [-0.2, -0.15) is 0 Å². The van der Waals surface area contributed by atoms with Gasteiger partial charge < -0.3 is 24.4 Å². The molecule has 0 radical (unpaired) electrons. The highest BCUT2D eigenvalue weighted by molar-refractivity contribution is 5.95. The summed E-state index contributed by atoms with van der Waals surface area (Å²) in [5.74, 6) is -4.75. The summed E-state index contributed by atoms with van der Waals surface area (Å²) in [6, 6.07) is 0. The summed E-state index contributed by atoms with van der Waals surface area (Å²) >= 11 is 0. The van der Waals surface area contributed by atoms with Crippen LogP contribution in [0.2, 0.25) is 0 Å². The van der Waals surface area contributed by atoms with E-state index < -0.39 is 47.7 Å². The largest absolute Gasteiger partial charge is 0.481 e. The fourth-order valence-corrected chi connectivity index (χ4v) is 7.63. The van der Waals surface area contributed by atoms with E-state index in [-0.39, 0.29) is 49.7 Å². The molecular formula is C44H70O11. The number of ether oxygens (including phenoxy) is 3. The summed E-state index contributed by atoms with van der Waals surface area (Å²) in [4.78, 5) is 71.5. The number of cyclic esters (lactones) is 4. The lowest BCUT2D eigenvalue weighted by molar-refractivity contribution is -0.155. The molecule has 2 aliphatic rings. The maximum absolute atomic E-state index is 12.7. The van der Waals surface area contributed by atoms with Crippen LogP contribution in [-0.2, 0) is 43.0 Å². The Bertz CT molecular complexity index is 1130. The fourth-order valence-electron chi connectivity index (χ4n) is 7.63. The minimum absolute atomic E-state index is 0.0812. The lowest BCUT2D eigenvalue weighted by Gasteiger charge is -2.28. The van der Waals surface area contributed by atoms with E-state index in [1.165, 1.54) is 0 Å². The standard InChI is InChI=1S/C44H70O11/c1-3-5-7-15-21-33(37-31-41(49)54-43(37)51)27-29-35(23-17-11-9-13-19-25-39(45)46)53-36(24-18-12-10-14-20-26-40(47)48)30-28-34(22-16-8-6-4-2)38-32-42(50)55-44(38)52/h15-16,21-22,33-38H,3-14,17-20,23-32H2,1-2H3,(H,45,46)(H,47,48)/b21-15+,22-16+. The number of allylic oxidation sites excluding steroid dienone is 4. The highest BCUT2D eigenvalue weighted by Gasteiger charge is 2.39. The molecule has 11 nitrogen and oxygen atoms in total. The van der Waals surface area contributed by atoms with E-state index in [1.807, 2.05) is 0 Å². The van der Waals surface area contributed by atoms with E-state index >= 15 is 0 Å². The van der Waals surface area contributed by atoms with E-state index in [2.05, 4.69) is 38.2 Å². The van der Waals surface area contributed by atoms with Crippen molar-refractivity contribution in [3.63, 3.8) is 0 Å². The second-order valence-corrected chi connectivity index (χ2v) is 15.6. The van der Waals surface area contributed by atoms with Crippen LogP contribution in [0.1, 0.15) is 181 Å².